The van der Waals surface area contributed by atoms with E-state index in [4.69, 9.17) is 4.74 Å². The van der Waals surface area contributed by atoms with E-state index < -0.39 is 22.7 Å². The molecule has 0 amide bonds. The SMILES string of the molecule is C=C1NC2=C(C(=O)CC(C)(C)C2)C(c2ccccc2[N+](=O)[O-])C1C(=O)OCCc1ccccc1. The fraction of sp³-hybridized carbons (Fsp3) is 0.333. The summed E-state index contributed by atoms with van der Waals surface area (Å²) in [6.07, 6.45) is 1.42. The molecule has 7 nitrogen and oxygen atoms in total. The van der Waals surface area contributed by atoms with E-state index in [9.17, 15) is 19.7 Å². The van der Waals surface area contributed by atoms with Crippen molar-refractivity contribution in [1.82, 2.24) is 5.32 Å². The fourth-order valence-corrected chi connectivity index (χ4v) is 4.98. The van der Waals surface area contributed by atoms with Gasteiger partial charge in [0, 0.05) is 47.4 Å². The largest absolute Gasteiger partial charge is 0.465 e. The molecular formula is C27H28N2O5. The Morgan fingerprint density at radius 3 is 2.53 bits per heavy atom. The van der Waals surface area contributed by atoms with Gasteiger partial charge in [-0.1, -0.05) is 69.0 Å². The summed E-state index contributed by atoms with van der Waals surface area (Å²) in [5.74, 6) is -2.46. The Morgan fingerprint density at radius 2 is 1.82 bits per heavy atom. The molecule has 0 spiro atoms. The number of hydrogen-bond donors (Lipinski definition) is 1. The summed E-state index contributed by atoms with van der Waals surface area (Å²) in [7, 11) is 0. The van der Waals surface area contributed by atoms with Crippen molar-refractivity contribution in [3.63, 3.8) is 0 Å². The van der Waals surface area contributed by atoms with E-state index in [1.54, 1.807) is 18.2 Å². The molecule has 0 fully saturated rings. The molecule has 0 bridgehead atoms. The van der Waals surface area contributed by atoms with E-state index in [1.807, 2.05) is 44.2 Å². The van der Waals surface area contributed by atoms with Crippen LogP contribution in [-0.4, -0.2) is 23.3 Å². The Balaban J connectivity index is 1.72. The Morgan fingerprint density at radius 1 is 1.15 bits per heavy atom. The van der Waals surface area contributed by atoms with Gasteiger partial charge in [0.1, 0.15) is 5.92 Å². The zero-order chi connectivity index (χ0) is 24.5. The van der Waals surface area contributed by atoms with Gasteiger partial charge in [0.2, 0.25) is 0 Å². The second kappa shape index (κ2) is 9.25. The topological polar surface area (TPSA) is 98.5 Å². The minimum Gasteiger partial charge on any atom is -0.465 e. The highest BCUT2D eigenvalue weighted by Gasteiger charge is 2.48. The molecule has 2 unspecified atom stereocenters. The van der Waals surface area contributed by atoms with E-state index in [0.29, 0.717) is 41.8 Å². The maximum atomic E-state index is 13.3. The number of carbonyl (C=O) groups excluding carboxylic acids is 2. The fourth-order valence-electron chi connectivity index (χ4n) is 4.98. The summed E-state index contributed by atoms with van der Waals surface area (Å²) in [5, 5.41) is 15.0. The maximum absolute atomic E-state index is 13.3. The molecule has 2 aliphatic rings. The quantitative estimate of drug-likeness (QED) is 0.376. The molecule has 2 aromatic rings. The van der Waals surface area contributed by atoms with Crippen LogP contribution in [0.3, 0.4) is 0 Å². The number of esters is 1. The monoisotopic (exact) mass is 460 g/mol. The van der Waals surface area contributed by atoms with Gasteiger partial charge in [0.15, 0.2) is 5.78 Å². The second-order valence-corrected chi connectivity index (χ2v) is 9.66. The molecule has 7 heteroatoms. The van der Waals surface area contributed by atoms with Gasteiger partial charge in [0.05, 0.1) is 11.5 Å². The molecule has 1 heterocycles. The molecule has 4 rings (SSSR count). The number of nitro benzene ring substituents is 1. The van der Waals surface area contributed by atoms with Gasteiger partial charge in [-0.2, -0.15) is 0 Å². The van der Waals surface area contributed by atoms with Gasteiger partial charge in [-0.25, -0.2) is 0 Å². The van der Waals surface area contributed by atoms with Crippen molar-refractivity contribution in [1.29, 1.82) is 0 Å². The first-order valence-electron chi connectivity index (χ1n) is 11.3. The van der Waals surface area contributed by atoms with Crippen LogP contribution in [0.2, 0.25) is 0 Å². The average molecular weight is 461 g/mol. The van der Waals surface area contributed by atoms with Gasteiger partial charge in [-0.15, -0.1) is 0 Å². The zero-order valence-corrected chi connectivity index (χ0v) is 19.4. The second-order valence-electron chi connectivity index (χ2n) is 9.66. The summed E-state index contributed by atoms with van der Waals surface area (Å²) >= 11 is 0. The molecule has 0 saturated heterocycles. The average Bonchev–Trinajstić information content (AvgIpc) is 2.77. The van der Waals surface area contributed by atoms with Crippen molar-refractivity contribution in [2.75, 3.05) is 6.61 Å². The number of allylic oxidation sites excluding steroid dienone is 2. The first-order chi connectivity index (χ1) is 16.2. The third kappa shape index (κ3) is 4.64. The summed E-state index contributed by atoms with van der Waals surface area (Å²) in [4.78, 5) is 38.0. The van der Waals surface area contributed by atoms with Crippen LogP contribution in [0.25, 0.3) is 0 Å². The summed E-state index contributed by atoms with van der Waals surface area (Å²) < 4.78 is 5.62. The van der Waals surface area contributed by atoms with Crippen molar-refractivity contribution in [2.45, 2.75) is 39.0 Å². The first kappa shape index (κ1) is 23.4. The lowest BCUT2D eigenvalue weighted by atomic mass is 9.66. The number of Topliss-reactive ketones (excluding diaryl/α,β-unsaturated/α-hetero) is 1. The van der Waals surface area contributed by atoms with Crippen LogP contribution < -0.4 is 5.32 Å². The van der Waals surface area contributed by atoms with E-state index in [-0.39, 0.29) is 23.5 Å². The zero-order valence-electron chi connectivity index (χ0n) is 19.4. The summed E-state index contributed by atoms with van der Waals surface area (Å²) in [6.45, 7) is 8.23. The summed E-state index contributed by atoms with van der Waals surface area (Å²) in [6, 6.07) is 15.9. The number of hydrogen-bond acceptors (Lipinski definition) is 6. The number of benzene rings is 2. The van der Waals surface area contributed by atoms with Crippen LogP contribution >= 0.6 is 0 Å². The number of nitrogens with one attached hydrogen (secondary N) is 1. The van der Waals surface area contributed by atoms with Gasteiger partial charge in [0.25, 0.3) is 5.69 Å². The van der Waals surface area contributed by atoms with Crippen LogP contribution in [0.5, 0.6) is 0 Å². The molecule has 2 aromatic carbocycles. The standard InChI is InChI=1S/C27H28N2O5/c1-17-23(26(31)34-14-13-18-9-5-4-6-10-18)24(19-11-7-8-12-21(19)29(32)33)25-20(28-17)15-27(2,3)16-22(25)30/h4-12,23-24,28H,1,13-16H2,2-3H3. The van der Waals surface area contributed by atoms with Crippen LogP contribution in [0.15, 0.2) is 78.1 Å². The van der Waals surface area contributed by atoms with Crippen molar-refractivity contribution in [3.8, 4) is 0 Å². The Labute approximate surface area is 198 Å². The third-order valence-electron chi connectivity index (χ3n) is 6.45. The van der Waals surface area contributed by atoms with Crippen molar-refractivity contribution < 1.29 is 19.2 Å². The molecular weight excluding hydrogens is 432 g/mol. The van der Waals surface area contributed by atoms with E-state index in [2.05, 4.69) is 11.9 Å². The number of ether oxygens (including phenoxy) is 1. The lowest BCUT2D eigenvalue weighted by Crippen LogP contribution is -2.44. The highest BCUT2D eigenvalue weighted by atomic mass is 16.6. The number of rotatable bonds is 6. The van der Waals surface area contributed by atoms with Crippen molar-refractivity contribution >= 4 is 17.4 Å². The lowest BCUT2D eigenvalue weighted by molar-refractivity contribution is -0.385. The lowest BCUT2D eigenvalue weighted by Gasteiger charge is -2.42. The molecule has 1 aliphatic heterocycles. The molecule has 1 aliphatic carbocycles. The minimum atomic E-state index is -0.958. The Hall–Kier alpha value is -3.74. The molecule has 176 valence electrons. The van der Waals surface area contributed by atoms with Crippen LogP contribution in [0, 0.1) is 21.4 Å². The maximum Gasteiger partial charge on any atom is 0.315 e. The first-order valence-corrected chi connectivity index (χ1v) is 11.3. The summed E-state index contributed by atoms with van der Waals surface area (Å²) in [5.41, 5.74) is 2.44. The number of nitrogens with zero attached hydrogens (tertiary/aromatic N) is 1. The molecule has 0 aromatic heterocycles. The minimum absolute atomic E-state index is 0.114. The van der Waals surface area contributed by atoms with Gasteiger partial charge < -0.3 is 10.1 Å². The highest BCUT2D eigenvalue weighted by molar-refractivity contribution is 6.01. The highest BCUT2D eigenvalue weighted by Crippen LogP contribution is 2.49. The smallest absolute Gasteiger partial charge is 0.315 e. The Kier molecular flexibility index (Phi) is 6.37. The normalized spacial score (nSPS) is 21.5. The third-order valence-corrected chi connectivity index (χ3v) is 6.45. The molecule has 2 atom stereocenters. The predicted molar refractivity (Wildman–Crippen MR) is 128 cm³/mol. The predicted octanol–water partition coefficient (Wildman–Crippen LogP) is 4.84. The number of nitro groups is 1. The van der Waals surface area contributed by atoms with Crippen molar-refractivity contribution in [3.05, 3.63) is 99.4 Å². The van der Waals surface area contributed by atoms with Crippen molar-refractivity contribution in [2.24, 2.45) is 11.3 Å². The molecule has 1 N–H and O–H groups in total. The van der Waals surface area contributed by atoms with Crippen LogP contribution in [-0.2, 0) is 20.7 Å². The molecule has 0 radical (unpaired) electrons. The van der Waals surface area contributed by atoms with Gasteiger partial charge >= 0.3 is 5.97 Å². The number of carbonyl (C=O) groups is 2. The van der Waals surface area contributed by atoms with E-state index in [1.165, 1.54) is 6.07 Å². The van der Waals surface area contributed by atoms with E-state index >= 15 is 0 Å². The Bertz CT molecular complexity index is 1180. The van der Waals surface area contributed by atoms with Gasteiger partial charge in [-0.05, 0) is 17.4 Å². The van der Waals surface area contributed by atoms with Crippen LogP contribution in [0.4, 0.5) is 5.69 Å². The number of para-hydroxylation sites is 1. The molecule has 34 heavy (non-hydrogen) atoms. The van der Waals surface area contributed by atoms with Crippen LogP contribution in [0.1, 0.15) is 43.7 Å². The van der Waals surface area contributed by atoms with Gasteiger partial charge in [-0.3, -0.25) is 19.7 Å². The molecule has 0 saturated carbocycles. The number of ketones is 1. The van der Waals surface area contributed by atoms with E-state index in [0.717, 1.165) is 5.56 Å².